The van der Waals surface area contributed by atoms with Crippen LogP contribution in [0.5, 0.6) is 0 Å². The maximum Gasteiger partial charge on any atom is 0.0482 e. The van der Waals surface area contributed by atoms with Crippen LogP contribution in [0, 0.1) is 13.8 Å². The minimum absolute atomic E-state index is 0.297. The Bertz CT molecular complexity index is 547. The topological polar surface area (TPSA) is 29.3 Å². The van der Waals surface area contributed by atoms with E-state index in [1.165, 1.54) is 20.2 Å². The molecule has 0 saturated carbocycles. The van der Waals surface area contributed by atoms with Crippen LogP contribution in [-0.4, -0.2) is 18.5 Å². The lowest BCUT2D eigenvalue weighted by Crippen LogP contribution is -2.30. The molecule has 0 amide bonds. The highest BCUT2D eigenvalue weighted by molar-refractivity contribution is 9.10. The number of nitrogens with zero attached hydrogens (tertiary/aromatic N) is 1. The molecule has 0 aliphatic carbocycles. The first-order valence-electron chi connectivity index (χ1n) is 6.21. The van der Waals surface area contributed by atoms with E-state index >= 15 is 0 Å². The van der Waals surface area contributed by atoms with Gasteiger partial charge in [0.2, 0.25) is 0 Å². The molecule has 2 nitrogen and oxygen atoms in total. The van der Waals surface area contributed by atoms with Crippen LogP contribution in [-0.2, 0) is 6.54 Å². The minimum Gasteiger partial charge on any atom is -0.329 e. The van der Waals surface area contributed by atoms with E-state index in [0.717, 1.165) is 11.0 Å². The maximum atomic E-state index is 6.00. The van der Waals surface area contributed by atoms with Gasteiger partial charge in [-0.15, -0.1) is 22.7 Å². The monoisotopic (exact) mass is 358 g/mol. The van der Waals surface area contributed by atoms with Crippen molar-refractivity contribution in [3.63, 3.8) is 0 Å². The Balaban J connectivity index is 2.15. The summed E-state index contributed by atoms with van der Waals surface area (Å²) in [5, 5.41) is 2.13. The van der Waals surface area contributed by atoms with Gasteiger partial charge in [0.25, 0.3) is 0 Å². The predicted molar refractivity (Wildman–Crippen MR) is 89.1 cm³/mol. The van der Waals surface area contributed by atoms with Gasteiger partial charge in [0.1, 0.15) is 0 Å². The van der Waals surface area contributed by atoms with Crippen LogP contribution in [0.2, 0.25) is 0 Å². The van der Waals surface area contributed by atoms with Gasteiger partial charge < -0.3 is 5.73 Å². The van der Waals surface area contributed by atoms with Crippen LogP contribution in [0.25, 0.3) is 0 Å². The lowest BCUT2D eigenvalue weighted by Gasteiger charge is -2.26. The molecule has 0 spiro atoms. The van der Waals surface area contributed by atoms with Crippen LogP contribution in [0.15, 0.2) is 22.0 Å². The van der Waals surface area contributed by atoms with Gasteiger partial charge in [0, 0.05) is 43.6 Å². The molecule has 2 rings (SSSR count). The molecule has 0 aliphatic rings. The third-order valence-corrected chi connectivity index (χ3v) is 5.88. The highest BCUT2D eigenvalue weighted by atomic mass is 79.9. The first-order chi connectivity index (χ1) is 9.01. The van der Waals surface area contributed by atoms with Crippen LogP contribution in [0.1, 0.15) is 26.2 Å². The maximum absolute atomic E-state index is 6.00. The molecule has 19 heavy (non-hydrogen) atoms. The van der Waals surface area contributed by atoms with Crippen LogP contribution < -0.4 is 5.73 Å². The van der Waals surface area contributed by atoms with Crippen LogP contribution >= 0.6 is 38.6 Å². The lowest BCUT2D eigenvalue weighted by molar-refractivity contribution is 0.243. The summed E-state index contributed by atoms with van der Waals surface area (Å²) in [5.74, 6) is 0. The molecular formula is C14H19BrN2S2. The SMILES string of the molecule is Cc1cc(C(CN)N(C)Cc2cc(Br)cs2)c(C)s1. The molecule has 2 heterocycles. The summed E-state index contributed by atoms with van der Waals surface area (Å²) in [7, 11) is 2.15. The zero-order valence-corrected chi connectivity index (χ0v) is 14.7. The Labute approximate surface area is 131 Å². The number of rotatable bonds is 5. The van der Waals surface area contributed by atoms with Gasteiger partial charge in [-0.25, -0.2) is 0 Å². The third kappa shape index (κ3) is 3.67. The summed E-state index contributed by atoms with van der Waals surface area (Å²) < 4.78 is 1.16. The normalized spacial score (nSPS) is 13.2. The second kappa shape index (κ2) is 6.50. The Morgan fingerprint density at radius 1 is 1.37 bits per heavy atom. The Kier molecular flexibility index (Phi) is 5.20. The van der Waals surface area contributed by atoms with E-state index in [1.54, 1.807) is 11.3 Å². The van der Waals surface area contributed by atoms with Crippen molar-refractivity contribution in [2.24, 2.45) is 5.73 Å². The summed E-state index contributed by atoms with van der Waals surface area (Å²) in [6.45, 7) is 5.93. The van der Waals surface area contributed by atoms with Crippen molar-refractivity contribution in [2.75, 3.05) is 13.6 Å². The van der Waals surface area contributed by atoms with E-state index in [9.17, 15) is 0 Å². The quantitative estimate of drug-likeness (QED) is 0.861. The van der Waals surface area contributed by atoms with Crippen molar-refractivity contribution in [3.8, 4) is 0 Å². The van der Waals surface area contributed by atoms with Crippen molar-refractivity contribution in [3.05, 3.63) is 42.2 Å². The summed E-state index contributed by atoms with van der Waals surface area (Å²) >= 11 is 7.14. The molecule has 2 aromatic heterocycles. The van der Waals surface area contributed by atoms with Gasteiger partial charge in [0.05, 0.1) is 0 Å². The van der Waals surface area contributed by atoms with Gasteiger partial charge in [-0.05, 0) is 54.5 Å². The lowest BCUT2D eigenvalue weighted by atomic mass is 10.1. The highest BCUT2D eigenvalue weighted by Gasteiger charge is 2.19. The molecule has 0 bridgehead atoms. The highest BCUT2D eigenvalue weighted by Crippen LogP contribution is 2.30. The number of likely N-dealkylation sites (N-methyl/N-ethyl adjacent to an activating group) is 1. The standard InChI is InChI=1S/C14H19BrN2S2/c1-9-4-13(10(2)19-9)14(6-16)17(3)7-12-5-11(15)8-18-12/h4-5,8,14H,6-7,16H2,1-3H3. The fourth-order valence-electron chi connectivity index (χ4n) is 2.32. The van der Waals surface area contributed by atoms with E-state index in [-0.39, 0.29) is 0 Å². The number of aryl methyl sites for hydroxylation is 2. The van der Waals surface area contributed by atoms with Crippen molar-refractivity contribution in [1.82, 2.24) is 4.90 Å². The molecule has 0 saturated heterocycles. The van der Waals surface area contributed by atoms with E-state index in [2.05, 4.69) is 59.2 Å². The summed E-state index contributed by atoms with van der Waals surface area (Å²) in [6, 6.07) is 4.75. The smallest absolute Gasteiger partial charge is 0.0482 e. The van der Waals surface area contributed by atoms with Gasteiger partial charge in [-0.3, -0.25) is 4.90 Å². The zero-order chi connectivity index (χ0) is 14.0. The molecule has 0 aromatic carbocycles. The number of hydrogen-bond acceptors (Lipinski definition) is 4. The Hall–Kier alpha value is -0.200. The summed E-state index contributed by atoms with van der Waals surface area (Å²) in [6.07, 6.45) is 0. The molecule has 5 heteroatoms. The second-order valence-electron chi connectivity index (χ2n) is 4.77. The van der Waals surface area contributed by atoms with E-state index in [1.807, 2.05) is 11.3 Å². The molecular weight excluding hydrogens is 340 g/mol. The number of hydrogen-bond donors (Lipinski definition) is 1. The van der Waals surface area contributed by atoms with Gasteiger partial charge in [0.15, 0.2) is 0 Å². The minimum atomic E-state index is 0.297. The zero-order valence-electron chi connectivity index (χ0n) is 11.4. The molecule has 104 valence electrons. The number of halogens is 1. The van der Waals surface area contributed by atoms with E-state index in [4.69, 9.17) is 5.73 Å². The average Bonchev–Trinajstić information content (AvgIpc) is 2.87. The molecule has 0 fully saturated rings. The largest absolute Gasteiger partial charge is 0.329 e. The molecule has 1 atom stereocenters. The third-order valence-electron chi connectivity index (χ3n) is 3.22. The van der Waals surface area contributed by atoms with Gasteiger partial charge >= 0.3 is 0 Å². The molecule has 0 radical (unpaired) electrons. The molecule has 0 aliphatic heterocycles. The van der Waals surface area contributed by atoms with Crippen LogP contribution in [0.4, 0.5) is 0 Å². The van der Waals surface area contributed by atoms with E-state index < -0.39 is 0 Å². The van der Waals surface area contributed by atoms with Gasteiger partial charge in [-0.2, -0.15) is 0 Å². The fourth-order valence-corrected chi connectivity index (χ4v) is 4.81. The predicted octanol–water partition coefficient (Wildman–Crippen LogP) is 4.32. The summed E-state index contributed by atoms with van der Waals surface area (Å²) in [4.78, 5) is 6.44. The average molecular weight is 359 g/mol. The Morgan fingerprint density at radius 2 is 2.11 bits per heavy atom. The molecule has 2 aromatic rings. The first kappa shape index (κ1) is 15.2. The fraction of sp³-hybridized carbons (Fsp3) is 0.429. The second-order valence-corrected chi connectivity index (χ2v) is 8.14. The number of thiophene rings is 2. The number of nitrogens with two attached hydrogens (primary N) is 1. The summed E-state index contributed by atoms with van der Waals surface area (Å²) in [5.41, 5.74) is 7.38. The van der Waals surface area contributed by atoms with Gasteiger partial charge in [-0.1, -0.05) is 0 Å². The van der Waals surface area contributed by atoms with E-state index in [0.29, 0.717) is 12.6 Å². The van der Waals surface area contributed by atoms with Crippen molar-refractivity contribution < 1.29 is 0 Å². The van der Waals surface area contributed by atoms with Crippen molar-refractivity contribution >= 4 is 38.6 Å². The molecule has 1 unspecified atom stereocenters. The first-order valence-corrected chi connectivity index (χ1v) is 8.70. The van der Waals surface area contributed by atoms with Crippen LogP contribution in [0.3, 0.4) is 0 Å². The molecule has 2 N–H and O–H groups in total. The Morgan fingerprint density at radius 3 is 2.58 bits per heavy atom. The van der Waals surface area contributed by atoms with Crippen molar-refractivity contribution in [2.45, 2.75) is 26.4 Å². The van der Waals surface area contributed by atoms with Crippen molar-refractivity contribution in [1.29, 1.82) is 0 Å².